The molecule has 0 radical (unpaired) electrons. The Kier molecular flexibility index (Phi) is 14.0. The topological polar surface area (TPSA) is 87.7 Å². The minimum absolute atomic E-state index is 0.0209. The van der Waals surface area contributed by atoms with E-state index < -0.39 is 29.7 Å². The molecule has 2 atom stereocenters. The molecule has 228 valence electrons. The lowest BCUT2D eigenvalue weighted by atomic mass is 9.96. The fourth-order valence-corrected chi connectivity index (χ4v) is 5.03. The molecule has 0 aliphatic heterocycles. The minimum Gasteiger partial charge on any atom is -0.444 e. The van der Waals surface area contributed by atoms with E-state index in [0.717, 1.165) is 43.2 Å². The molecule has 0 heterocycles. The van der Waals surface area contributed by atoms with Crippen LogP contribution in [0, 0.1) is 26.2 Å². The molecule has 0 saturated carbocycles. The quantitative estimate of drug-likeness (QED) is 0.125. The highest BCUT2D eigenvalue weighted by Crippen LogP contribution is 2.29. The van der Waals surface area contributed by atoms with Crippen LogP contribution in [0.4, 0.5) is 10.5 Å². The third-order valence-electron chi connectivity index (χ3n) is 6.91. The van der Waals surface area contributed by atoms with Crippen LogP contribution in [-0.2, 0) is 14.3 Å². The molecule has 2 N–H and O–H groups in total. The first kappa shape index (κ1) is 34.8. The maximum atomic E-state index is 14.2. The summed E-state index contributed by atoms with van der Waals surface area (Å²) in [6, 6.07) is 10.9. The predicted molar refractivity (Wildman–Crippen MR) is 174 cm³/mol. The monoisotopic (exact) mass is 593 g/mol. The van der Waals surface area contributed by atoms with Gasteiger partial charge in [-0.15, -0.1) is 6.42 Å². The van der Waals surface area contributed by atoms with E-state index in [1.54, 1.807) is 45.0 Å². The number of alkyl carbamates (subject to hydrolysis) is 1. The summed E-state index contributed by atoms with van der Waals surface area (Å²) in [5.41, 5.74) is 2.81. The zero-order valence-corrected chi connectivity index (χ0v) is 26.9. The molecule has 0 aliphatic carbocycles. The highest BCUT2D eigenvalue weighted by molar-refractivity contribution is 7.80. The molecule has 3 amide bonds. The minimum atomic E-state index is -1.04. The van der Waals surface area contributed by atoms with Gasteiger partial charge >= 0.3 is 6.09 Å². The zero-order chi connectivity index (χ0) is 31.3. The first-order chi connectivity index (χ1) is 19.9. The first-order valence-corrected chi connectivity index (χ1v) is 15.4. The fraction of sp³-hybridized carbons (Fsp3) is 0.500. The fourth-order valence-electron chi connectivity index (χ4n) is 4.79. The van der Waals surface area contributed by atoms with E-state index >= 15 is 0 Å². The summed E-state index contributed by atoms with van der Waals surface area (Å²) in [5.74, 6) is 1.88. The number of nitrogens with zero attached hydrogens (tertiary/aromatic N) is 1. The summed E-state index contributed by atoms with van der Waals surface area (Å²) < 4.78 is 5.41. The molecule has 42 heavy (non-hydrogen) atoms. The van der Waals surface area contributed by atoms with Crippen molar-refractivity contribution in [2.24, 2.45) is 0 Å². The molecular formula is C34H47N3O4S. The number of ether oxygens (including phenoxy) is 1. The van der Waals surface area contributed by atoms with Crippen molar-refractivity contribution in [3.63, 3.8) is 0 Å². The van der Waals surface area contributed by atoms with Gasteiger partial charge in [-0.1, -0.05) is 81.3 Å². The van der Waals surface area contributed by atoms with Crippen LogP contribution in [0.15, 0.2) is 42.5 Å². The van der Waals surface area contributed by atoms with Crippen LogP contribution in [0.2, 0.25) is 0 Å². The Hall–Kier alpha value is -3.44. The van der Waals surface area contributed by atoms with Crippen molar-refractivity contribution in [2.75, 3.05) is 17.6 Å². The van der Waals surface area contributed by atoms with E-state index in [2.05, 4.69) is 36.1 Å². The predicted octanol–water partition coefficient (Wildman–Crippen LogP) is 6.98. The molecule has 0 aliphatic rings. The Morgan fingerprint density at radius 2 is 1.60 bits per heavy atom. The highest BCUT2D eigenvalue weighted by atomic mass is 32.1. The molecule has 0 spiro atoms. The molecule has 0 saturated heterocycles. The van der Waals surface area contributed by atoms with Crippen molar-refractivity contribution in [2.45, 2.75) is 97.8 Å². The van der Waals surface area contributed by atoms with Gasteiger partial charge in [-0.3, -0.25) is 9.59 Å². The van der Waals surface area contributed by atoms with E-state index in [1.807, 2.05) is 32.0 Å². The smallest absolute Gasteiger partial charge is 0.408 e. The Labute approximate surface area is 257 Å². The molecule has 8 heteroatoms. The van der Waals surface area contributed by atoms with Crippen LogP contribution >= 0.6 is 12.6 Å². The van der Waals surface area contributed by atoms with Gasteiger partial charge in [0.1, 0.15) is 17.7 Å². The van der Waals surface area contributed by atoms with E-state index in [4.69, 9.17) is 11.2 Å². The van der Waals surface area contributed by atoms with E-state index in [9.17, 15) is 14.4 Å². The third kappa shape index (κ3) is 10.4. The van der Waals surface area contributed by atoms with Gasteiger partial charge in [0, 0.05) is 23.5 Å². The van der Waals surface area contributed by atoms with Crippen molar-refractivity contribution >= 4 is 36.2 Å². The number of nitrogens with one attached hydrogen (secondary N) is 2. The number of thiol groups is 1. The summed E-state index contributed by atoms with van der Waals surface area (Å²) >= 11 is 4.39. The number of anilines is 1. The molecule has 2 aromatic carbocycles. The van der Waals surface area contributed by atoms with Crippen LogP contribution in [-0.4, -0.2) is 46.7 Å². The standard InChI is InChI=1S/C34H47N3O4S/c1-8-10-11-12-13-16-22-37(32(39)28(23-42)35-33(40)41-34(5,6)7)30(27-21-15-14-20-26(27)9-2)31(38)36-29-24(3)18-17-19-25(29)4/h2,14-15,17-21,28,30,42H,8,10-13,16,22-23H2,1,3-7H3,(H,35,40)(H,36,38). The number of para-hydroxylation sites is 1. The van der Waals surface area contributed by atoms with E-state index in [0.29, 0.717) is 29.8 Å². The molecule has 2 aromatic rings. The zero-order valence-electron chi connectivity index (χ0n) is 26.0. The number of hydrogen-bond donors (Lipinski definition) is 3. The second-order valence-electron chi connectivity index (χ2n) is 11.6. The van der Waals surface area contributed by atoms with Crippen molar-refractivity contribution in [3.05, 3.63) is 64.7 Å². The average Bonchev–Trinajstić information content (AvgIpc) is 2.93. The van der Waals surface area contributed by atoms with Crippen LogP contribution in [0.25, 0.3) is 0 Å². The molecular weight excluding hydrogens is 546 g/mol. The molecule has 2 rings (SSSR count). The maximum absolute atomic E-state index is 14.2. The van der Waals surface area contributed by atoms with Crippen molar-refractivity contribution in [1.29, 1.82) is 0 Å². The molecule has 0 bridgehead atoms. The van der Waals surface area contributed by atoms with E-state index in [1.165, 1.54) is 4.90 Å². The van der Waals surface area contributed by atoms with Gasteiger partial charge in [-0.05, 0) is 63.8 Å². The molecule has 0 aromatic heterocycles. The Balaban J connectivity index is 2.55. The summed E-state index contributed by atoms with van der Waals surface area (Å²) in [4.78, 5) is 42.6. The molecule has 0 fully saturated rings. The first-order valence-electron chi connectivity index (χ1n) is 14.8. The second-order valence-corrected chi connectivity index (χ2v) is 11.9. The lowest BCUT2D eigenvalue weighted by molar-refractivity contribution is -0.140. The third-order valence-corrected chi connectivity index (χ3v) is 7.27. The number of amides is 3. The lowest BCUT2D eigenvalue weighted by Gasteiger charge is -2.35. The van der Waals surface area contributed by atoms with E-state index in [-0.39, 0.29) is 11.7 Å². The normalized spacial score (nSPS) is 12.5. The Bertz CT molecular complexity index is 1230. The van der Waals surface area contributed by atoms with Gasteiger partial charge < -0.3 is 20.3 Å². The highest BCUT2D eigenvalue weighted by Gasteiger charge is 2.37. The van der Waals surface area contributed by atoms with Gasteiger partial charge in [-0.25, -0.2) is 4.79 Å². The van der Waals surface area contributed by atoms with Crippen molar-refractivity contribution < 1.29 is 19.1 Å². The van der Waals surface area contributed by atoms with Gasteiger partial charge in [0.15, 0.2) is 0 Å². The average molecular weight is 594 g/mol. The molecule has 7 nitrogen and oxygen atoms in total. The SMILES string of the molecule is C#Cc1ccccc1C(C(=O)Nc1c(C)cccc1C)N(CCCCCCCC)C(=O)C(CS)NC(=O)OC(C)(C)C. The number of rotatable bonds is 14. The number of carbonyl (C=O) groups is 3. The number of terminal acetylenes is 1. The summed E-state index contributed by atoms with van der Waals surface area (Å²) in [6.45, 7) is 11.6. The second kappa shape index (κ2) is 16.9. The summed E-state index contributed by atoms with van der Waals surface area (Å²) in [7, 11) is 0. The van der Waals surface area contributed by atoms with Gasteiger partial charge in [-0.2, -0.15) is 12.6 Å². The largest absolute Gasteiger partial charge is 0.444 e. The summed E-state index contributed by atoms with van der Waals surface area (Å²) in [6.07, 6.45) is 11.2. The van der Waals surface area contributed by atoms with Crippen LogP contribution in [0.5, 0.6) is 0 Å². The van der Waals surface area contributed by atoms with Gasteiger partial charge in [0.2, 0.25) is 5.91 Å². The number of hydrogen-bond acceptors (Lipinski definition) is 5. The maximum Gasteiger partial charge on any atom is 0.408 e. The number of benzene rings is 2. The number of unbranched alkanes of at least 4 members (excludes halogenated alkanes) is 5. The molecule has 2 unspecified atom stereocenters. The number of aryl methyl sites for hydroxylation is 2. The van der Waals surface area contributed by atoms with Crippen LogP contribution < -0.4 is 10.6 Å². The lowest BCUT2D eigenvalue weighted by Crippen LogP contribution is -2.53. The Morgan fingerprint density at radius 1 is 0.976 bits per heavy atom. The van der Waals surface area contributed by atoms with Crippen molar-refractivity contribution in [1.82, 2.24) is 10.2 Å². The Morgan fingerprint density at radius 3 is 2.19 bits per heavy atom. The van der Waals surface area contributed by atoms with Gasteiger partial charge in [0.25, 0.3) is 5.91 Å². The summed E-state index contributed by atoms with van der Waals surface area (Å²) in [5, 5.41) is 5.74. The number of carbonyl (C=O) groups excluding carboxylic acids is 3. The van der Waals surface area contributed by atoms with Gasteiger partial charge in [0.05, 0.1) is 0 Å². The van der Waals surface area contributed by atoms with Crippen molar-refractivity contribution in [3.8, 4) is 12.3 Å². The van der Waals surface area contributed by atoms with Crippen LogP contribution in [0.1, 0.15) is 94.5 Å². The van der Waals surface area contributed by atoms with Crippen LogP contribution in [0.3, 0.4) is 0 Å².